The van der Waals surface area contributed by atoms with Gasteiger partial charge < -0.3 is 0 Å². The molecule has 1 heterocycles. The smallest absolute Gasteiger partial charge is 0.0789 e. The Balaban J connectivity index is 1.77. The van der Waals surface area contributed by atoms with E-state index in [4.69, 9.17) is 39.8 Å². The molecule has 0 bridgehead atoms. The van der Waals surface area contributed by atoms with E-state index < -0.39 is 0 Å². The Kier molecular flexibility index (Phi) is 5.64. The lowest BCUT2D eigenvalue weighted by Crippen LogP contribution is -1.94. The van der Waals surface area contributed by atoms with Gasteiger partial charge in [0.2, 0.25) is 0 Å². The third kappa shape index (κ3) is 4.15. The molecule has 0 aromatic heterocycles. The van der Waals surface area contributed by atoms with Crippen LogP contribution in [-0.2, 0) is 5.75 Å². The SMILES string of the molecule is Clc1ccc(CSC2=Nc3cc(Cl)ccc3SCC2)c(Cl)c1. The van der Waals surface area contributed by atoms with E-state index in [-0.39, 0.29) is 0 Å². The number of aliphatic imine (C=N–C) groups is 1. The molecular weight excluding hydrogens is 377 g/mol. The number of hydrogen-bond donors (Lipinski definition) is 0. The minimum atomic E-state index is 0.658. The van der Waals surface area contributed by atoms with Crippen LogP contribution in [0.25, 0.3) is 0 Å². The van der Waals surface area contributed by atoms with Gasteiger partial charge in [0.15, 0.2) is 0 Å². The Morgan fingerprint density at radius 2 is 1.82 bits per heavy atom. The van der Waals surface area contributed by atoms with Crippen LogP contribution in [0.2, 0.25) is 15.1 Å². The maximum Gasteiger partial charge on any atom is 0.0789 e. The van der Waals surface area contributed by atoms with Crippen molar-refractivity contribution in [3.05, 3.63) is 57.0 Å². The van der Waals surface area contributed by atoms with Gasteiger partial charge in [-0.3, -0.25) is 0 Å². The van der Waals surface area contributed by atoms with E-state index >= 15 is 0 Å². The van der Waals surface area contributed by atoms with E-state index in [1.165, 1.54) is 4.90 Å². The molecule has 1 aliphatic rings. The number of rotatable bonds is 2. The van der Waals surface area contributed by atoms with E-state index in [0.29, 0.717) is 10.0 Å². The molecule has 0 radical (unpaired) electrons. The molecule has 114 valence electrons. The van der Waals surface area contributed by atoms with Crippen LogP contribution >= 0.6 is 58.3 Å². The van der Waals surface area contributed by atoms with E-state index in [2.05, 4.69) is 0 Å². The number of hydrogen-bond acceptors (Lipinski definition) is 3. The minimum absolute atomic E-state index is 0.658. The number of benzene rings is 2. The van der Waals surface area contributed by atoms with Crippen molar-refractivity contribution in [3.8, 4) is 0 Å². The van der Waals surface area contributed by atoms with Crippen LogP contribution in [0.1, 0.15) is 12.0 Å². The molecule has 0 N–H and O–H groups in total. The van der Waals surface area contributed by atoms with Gasteiger partial charge in [0.05, 0.1) is 10.7 Å². The average Bonchev–Trinajstić information content (AvgIpc) is 2.67. The summed E-state index contributed by atoms with van der Waals surface area (Å²) in [5.74, 6) is 1.81. The largest absolute Gasteiger partial charge is 0.245 e. The Morgan fingerprint density at radius 3 is 2.64 bits per heavy atom. The number of thioether (sulfide) groups is 2. The van der Waals surface area contributed by atoms with Crippen molar-refractivity contribution in [1.29, 1.82) is 0 Å². The van der Waals surface area contributed by atoms with Crippen LogP contribution in [-0.4, -0.2) is 10.8 Å². The third-order valence-corrected chi connectivity index (χ3v) is 6.12. The predicted octanol–water partition coefficient (Wildman–Crippen LogP) is 7.11. The molecule has 1 aliphatic heterocycles. The molecule has 0 fully saturated rings. The maximum atomic E-state index is 6.22. The van der Waals surface area contributed by atoms with Crippen LogP contribution < -0.4 is 0 Å². The lowest BCUT2D eigenvalue weighted by atomic mass is 10.2. The summed E-state index contributed by atoms with van der Waals surface area (Å²) in [6.45, 7) is 0. The van der Waals surface area contributed by atoms with Gasteiger partial charge in [-0.25, -0.2) is 4.99 Å². The monoisotopic (exact) mass is 387 g/mol. The average molecular weight is 389 g/mol. The Hall–Kier alpha value is -0.320. The zero-order valence-electron chi connectivity index (χ0n) is 11.5. The molecule has 2 aromatic rings. The summed E-state index contributed by atoms with van der Waals surface area (Å²) in [6, 6.07) is 11.5. The molecule has 0 saturated heterocycles. The van der Waals surface area contributed by atoms with Crippen molar-refractivity contribution in [1.82, 2.24) is 0 Å². The fourth-order valence-corrected chi connectivity index (χ4v) is 4.81. The lowest BCUT2D eigenvalue weighted by Gasteiger charge is -2.06. The highest BCUT2D eigenvalue weighted by Gasteiger charge is 2.12. The molecule has 3 rings (SSSR count). The van der Waals surface area contributed by atoms with Crippen molar-refractivity contribution in [2.75, 3.05) is 5.75 Å². The van der Waals surface area contributed by atoms with Crippen molar-refractivity contribution in [2.24, 2.45) is 4.99 Å². The van der Waals surface area contributed by atoms with Gasteiger partial charge in [0.25, 0.3) is 0 Å². The molecule has 0 saturated carbocycles. The normalized spacial score (nSPS) is 14.2. The first-order valence-electron chi connectivity index (χ1n) is 6.68. The van der Waals surface area contributed by atoms with Crippen molar-refractivity contribution in [3.63, 3.8) is 0 Å². The lowest BCUT2D eigenvalue weighted by molar-refractivity contribution is 1.33. The topological polar surface area (TPSA) is 12.4 Å². The van der Waals surface area contributed by atoms with Crippen molar-refractivity contribution in [2.45, 2.75) is 17.1 Å². The van der Waals surface area contributed by atoms with Crippen LogP contribution in [0.4, 0.5) is 5.69 Å². The zero-order chi connectivity index (χ0) is 15.5. The van der Waals surface area contributed by atoms with Gasteiger partial charge in [0, 0.05) is 37.9 Å². The third-order valence-electron chi connectivity index (χ3n) is 3.15. The first kappa shape index (κ1) is 16.5. The van der Waals surface area contributed by atoms with Gasteiger partial charge in [0.1, 0.15) is 0 Å². The fraction of sp³-hybridized carbons (Fsp3) is 0.188. The fourth-order valence-electron chi connectivity index (χ4n) is 2.04. The Morgan fingerprint density at radius 1 is 1.05 bits per heavy atom. The molecule has 0 aliphatic carbocycles. The van der Waals surface area contributed by atoms with Gasteiger partial charge in [-0.1, -0.05) is 40.9 Å². The second kappa shape index (κ2) is 7.50. The molecule has 6 heteroatoms. The zero-order valence-corrected chi connectivity index (χ0v) is 15.4. The summed E-state index contributed by atoms with van der Waals surface area (Å²) < 4.78 is 0. The van der Waals surface area contributed by atoms with E-state index in [1.807, 2.05) is 42.1 Å². The Labute approximate surface area is 153 Å². The summed E-state index contributed by atoms with van der Waals surface area (Å²) >= 11 is 21.8. The predicted molar refractivity (Wildman–Crippen MR) is 102 cm³/mol. The number of fused-ring (bicyclic) bond motifs is 1. The molecule has 22 heavy (non-hydrogen) atoms. The van der Waals surface area contributed by atoms with Gasteiger partial charge >= 0.3 is 0 Å². The van der Waals surface area contributed by atoms with Gasteiger partial charge in [-0.2, -0.15) is 0 Å². The highest BCUT2D eigenvalue weighted by Crippen LogP contribution is 2.37. The summed E-state index contributed by atoms with van der Waals surface area (Å²) in [4.78, 5) is 5.95. The Bertz CT molecular complexity index is 731. The molecule has 2 aromatic carbocycles. The maximum absolute atomic E-state index is 6.22. The first-order valence-corrected chi connectivity index (χ1v) is 9.79. The highest BCUT2D eigenvalue weighted by molar-refractivity contribution is 8.13. The molecule has 0 spiro atoms. The van der Waals surface area contributed by atoms with Crippen LogP contribution in [0.5, 0.6) is 0 Å². The molecule has 0 unspecified atom stereocenters. The van der Waals surface area contributed by atoms with Crippen LogP contribution in [0, 0.1) is 0 Å². The van der Waals surface area contributed by atoms with E-state index in [9.17, 15) is 0 Å². The molecule has 0 amide bonds. The summed E-state index contributed by atoms with van der Waals surface area (Å²) in [6.07, 6.45) is 0.951. The quantitative estimate of drug-likeness (QED) is 0.543. The highest BCUT2D eigenvalue weighted by atomic mass is 35.5. The van der Waals surface area contributed by atoms with Gasteiger partial charge in [-0.05, 0) is 35.9 Å². The standard InChI is InChI=1S/C16H12Cl3NS2/c17-11-2-1-10(13(19)7-11)9-22-16-5-6-21-15-4-3-12(18)8-14(15)20-16/h1-4,7-8H,5-6,9H2. The van der Waals surface area contributed by atoms with Crippen molar-refractivity contribution < 1.29 is 0 Å². The second-order valence-corrected chi connectivity index (χ2v) is 8.21. The molecule has 0 atom stereocenters. The first-order chi connectivity index (χ1) is 10.6. The van der Waals surface area contributed by atoms with E-state index in [1.54, 1.807) is 17.8 Å². The molecule has 1 nitrogen and oxygen atoms in total. The van der Waals surface area contributed by atoms with Crippen LogP contribution in [0.15, 0.2) is 46.3 Å². The number of halogens is 3. The molecular formula is C16H12Cl3NS2. The number of nitrogens with zero attached hydrogens (tertiary/aromatic N) is 1. The van der Waals surface area contributed by atoms with Gasteiger partial charge in [-0.15, -0.1) is 23.5 Å². The van der Waals surface area contributed by atoms with Crippen molar-refractivity contribution >= 4 is 69.1 Å². The van der Waals surface area contributed by atoms with Crippen LogP contribution in [0.3, 0.4) is 0 Å². The summed E-state index contributed by atoms with van der Waals surface area (Å²) in [7, 11) is 0. The summed E-state index contributed by atoms with van der Waals surface area (Å²) in [5, 5.41) is 3.19. The minimum Gasteiger partial charge on any atom is -0.245 e. The van der Waals surface area contributed by atoms with E-state index in [0.717, 1.165) is 39.2 Å². The second-order valence-electron chi connectivity index (χ2n) is 4.74. The summed E-state index contributed by atoms with van der Waals surface area (Å²) in [5.41, 5.74) is 2.03.